The molecule has 0 radical (unpaired) electrons. The number of hydrogen-bond donors (Lipinski definition) is 1. The maximum Gasteiger partial charge on any atom is 0.305 e. The van der Waals surface area contributed by atoms with Gasteiger partial charge in [0.25, 0.3) is 0 Å². The van der Waals surface area contributed by atoms with Crippen molar-refractivity contribution in [3.05, 3.63) is 29.3 Å². The molecule has 1 fully saturated rings. The third kappa shape index (κ3) is 4.93. The van der Waals surface area contributed by atoms with Gasteiger partial charge in [0.2, 0.25) is 5.91 Å². The number of hydrogen-bond acceptors (Lipinski definition) is 3. The lowest BCUT2D eigenvalue weighted by Crippen LogP contribution is -2.35. The van der Waals surface area contributed by atoms with Crippen LogP contribution < -0.4 is 4.74 Å². The van der Waals surface area contributed by atoms with Gasteiger partial charge < -0.3 is 14.7 Å². The number of amides is 1. The molecule has 0 unspecified atom stereocenters. The maximum absolute atomic E-state index is 12.1. The van der Waals surface area contributed by atoms with Gasteiger partial charge in [0.1, 0.15) is 5.75 Å². The first-order valence-electron chi connectivity index (χ1n) is 6.96. The maximum atomic E-state index is 12.1. The van der Waals surface area contributed by atoms with E-state index in [0.29, 0.717) is 10.8 Å². The normalized spacial score (nSPS) is 13.8. The third-order valence-corrected chi connectivity index (χ3v) is 3.60. The molecule has 0 aromatic heterocycles. The zero-order valence-electron chi connectivity index (χ0n) is 11.6. The van der Waals surface area contributed by atoms with Crippen LogP contribution in [0.3, 0.4) is 0 Å². The van der Waals surface area contributed by atoms with Crippen molar-refractivity contribution in [1.82, 2.24) is 4.90 Å². The number of para-hydroxylation sites is 1. The minimum absolute atomic E-state index is 0.0202. The second kappa shape index (κ2) is 7.31. The van der Waals surface area contributed by atoms with Crippen molar-refractivity contribution in [1.29, 1.82) is 0 Å². The third-order valence-electron chi connectivity index (χ3n) is 3.28. The van der Waals surface area contributed by atoms with Crippen LogP contribution >= 0.6 is 11.6 Å². The molecule has 0 heterocycles. The standard InChI is InChI=1S/C15H18ClNO4/c16-12-3-1-2-4-13(12)21-10-8-14(18)17(11-5-6-11)9-7-15(19)20/h1-4,11H,5-10H2,(H,19,20). The fraction of sp³-hybridized carbons (Fsp3) is 0.467. The summed E-state index contributed by atoms with van der Waals surface area (Å²) in [7, 11) is 0. The van der Waals surface area contributed by atoms with Crippen LogP contribution in [0.15, 0.2) is 24.3 Å². The molecule has 1 N–H and O–H groups in total. The summed E-state index contributed by atoms with van der Waals surface area (Å²) in [5.74, 6) is -0.401. The molecule has 114 valence electrons. The molecule has 0 saturated heterocycles. The van der Waals surface area contributed by atoms with E-state index < -0.39 is 5.97 Å². The average Bonchev–Trinajstić information content (AvgIpc) is 3.25. The van der Waals surface area contributed by atoms with Gasteiger partial charge in [-0.25, -0.2) is 0 Å². The molecule has 0 aliphatic heterocycles. The van der Waals surface area contributed by atoms with Gasteiger partial charge in [-0.2, -0.15) is 0 Å². The molecule has 1 aliphatic carbocycles. The number of aliphatic carboxylic acids is 1. The molecular weight excluding hydrogens is 294 g/mol. The Labute approximate surface area is 128 Å². The second-order valence-corrected chi connectivity index (χ2v) is 5.40. The molecule has 1 saturated carbocycles. The lowest BCUT2D eigenvalue weighted by atomic mass is 10.3. The van der Waals surface area contributed by atoms with Crippen molar-refractivity contribution < 1.29 is 19.4 Å². The molecule has 1 aromatic carbocycles. The first kappa shape index (κ1) is 15.6. The highest BCUT2D eigenvalue weighted by Gasteiger charge is 2.32. The molecule has 6 heteroatoms. The van der Waals surface area contributed by atoms with E-state index in [4.69, 9.17) is 21.4 Å². The monoisotopic (exact) mass is 311 g/mol. The van der Waals surface area contributed by atoms with Crippen LogP contribution in [-0.4, -0.2) is 41.1 Å². The van der Waals surface area contributed by atoms with Gasteiger partial charge in [0.05, 0.1) is 24.5 Å². The number of ether oxygens (including phenoxy) is 1. The summed E-state index contributed by atoms with van der Waals surface area (Å²) in [5, 5.41) is 9.23. The van der Waals surface area contributed by atoms with Gasteiger partial charge in [0.15, 0.2) is 0 Å². The molecule has 0 atom stereocenters. The highest BCUT2D eigenvalue weighted by molar-refractivity contribution is 6.32. The number of rotatable bonds is 8. The van der Waals surface area contributed by atoms with Crippen molar-refractivity contribution in [2.45, 2.75) is 31.7 Å². The number of halogens is 1. The summed E-state index contributed by atoms with van der Waals surface area (Å²) in [6.07, 6.45) is 2.11. The zero-order valence-corrected chi connectivity index (χ0v) is 12.4. The predicted molar refractivity (Wildman–Crippen MR) is 78.6 cm³/mol. The van der Waals surface area contributed by atoms with Crippen LogP contribution in [0, 0.1) is 0 Å². The van der Waals surface area contributed by atoms with Crippen LogP contribution in [0.1, 0.15) is 25.7 Å². The molecule has 2 rings (SSSR count). The molecule has 21 heavy (non-hydrogen) atoms. The number of carbonyl (C=O) groups is 2. The summed E-state index contributed by atoms with van der Waals surface area (Å²) in [6, 6.07) is 7.29. The van der Waals surface area contributed by atoms with Gasteiger partial charge in [-0.15, -0.1) is 0 Å². The van der Waals surface area contributed by atoms with Crippen molar-refractivity contribution in [3.8, 4) is 5.75 Å². The van der Waals surface area contributed by atoms with Crippen LogP contribution in [0.2, 0.25) is 5.02 Å². The first-order valence-corrected chi connectivity index (χ1v) is 7.34. The molecule has 5 nitrogen and oxygen atoms in total. The van der Waals surface area contributed by atoms with Crippen molar-refractivity contribution in [3.63, 3.8) is 0 Å². The number of carbonyl (C=O) groups excluding carboxylic acids is 1. The van der Waals surface area contributed by atoms with Gasteiger partial charge in [-0.05, 0) is 25.0 Å². The van der Waals surface area contributed by atoms with Crippen molar-refractivity contribution >= 4 is 23.5 Å². The summed E-state index contributed by atoms with van der Waals surface area (Å²) in [6.45, 7) is 0.504. The van der Waals surface area contributed by atoms with Crippen molar-refractivity contribution in [2.24, 2.45) is 0 Å². The predicted octanol–water partition coefficient (Wildman–Crippen LogP) is 2.57. The number of carboxylic acids is 1. The Kier molecular flexibility index (Phi) is 5.44. The lowest BCUT2D eigenvalue weighted by molar-refractivity contribution is -0.138. The smallest absolute Gasteiger partial charge is 0.305 e. The Hall–Kier alpha value is -1.75. The van der Waals surface area contributed by atoms with Gasteiger partial charge in [0, 0.05) is 12.6 Å². The van der Waals surface area contributed by atoms with E-state index in [1.807, 2.05) is 6.07 Å². The van der Waals surface area contributed by atoms with Crippen molar-refractivity contribution in [2.75, 3.05) is 13.2 Å². The van der Waals surface area contributed by atoms with Crippen LogP contribution in [0.25, 0.3) is 0 Å². The number of benzene rings is 1. The van der Waals surface area contributed by atoms with E-state index >= 15 is 0 Å². The minimum Gasteiger partial charge on any atom is -0.491 e. The van der Waals surface area contributed by atoms with E-state index in [9.17, 15) is 9.59 Å². The first-order chi connectivity index (χ1) is 10.1. The summed E-state index contributed by atoms with van der Waals surface area (Å²) >= 11 is 5.96. The largest absolute Gasteiger partial charge is 0.491 e. The topological polar surface area (TPSA) is 66.8 Å². The van der Waals surface area contributed by atoms with Gasteiger partial charge in [-0.1, -0.05) is 23.7 Å². The van der Waals surface area contributed by atoms with Crippen LogP contribution in [-0.2, 0) is 9.59 Å². The number of carboxylic acid groups (broad SMARTS) is 1. The molecule has 1 amide bonds. The Bertz CT molecular complexity index is 516. The molecule has 0 bridgehead atoms. The van der Waals surface area contributed by atoms with Gasteiger partial charge in [-0.3, -0.25) is 9.59 Å². The van der Waals surface area contributed by atoms with E-state index in [0.717, 1.165) is 12.8 Å². The molecule has 1 aromatic rings. The van der Waals surface area contributed by atoms with Crippen LogP contribution in [0.4, 0.5) is 0 Å². The van der Waals surface area contributed by atoms with E-state index in [2.05, 4.69) is 0 Å². The summed E-state index contributed by atoms with van der Waals surface area (Å²) in [4.78, 5) is 24.4. The molecule has 1 aliphatic rings. The molecular formula is C15H18ClNO4. The fourth-order valence-electron chi connectivity index (χ4n) is 2.07. The van der Waals surface area contributed by atoms with E-state index in [-0.39, 0.29) is 37.9 Å². The SMILES string of the molecule is O=C(O)CCN(C(=O)CCOc1ccccc1Cl)C1CC1. The van der Waals surface area contributed by atoms with E-state index in [1.165, 1.54) is 0 Å². The lowest BCUT2D eigenvalue weighted by Gasteiger charge is -2.21. The minimum atomic E-state index is -0.888. The second-order valence-electron chi connectivity index (χ2n) is 4.99. The Balaban J connectivity index is 1.79. The molecule has 0 spiro atoms. The highest BCUT2D eigenvalue weighted by Crippen LogP contribution is 2.28. The summed E-state index contributed by atoms with van der Waals surface area (Å²) in [5.41, 5.74) is 0. The van der Waals surface area contributed by atoms with Gasteiger partial charge >= 0.3 is 5.97 Å². The number of nitrogens with zero attached hydrogens (tertiary/aromatic N) is 1. The summed E-state index contributed by atoms with van der Waals surface area (Å²) < 4.78 is 5.49. The fourth-order valence-corrected chi connectivity index (χ4v) is 2.26. The Morgan fingerprint density at radius 2 is 2.00 bits per heavy atom. The average molecular weight is 312 g/mol. The van der Waals surface area contributed by atoms with E-state index in [1.54, 1.807) is 23.1 Å². The Morgan fingerprint density at radius 3 is 2.62 bits per heavy atom. The van der Waals surface area contributed by atoms with Crippen LogP contribution in [0.5, 0.6) is 5.75 Å². The zero-order chi connectivity index (χ0) is 15.2. The quantitative estimate of drug-likeness (QED) is 0.801. The Morgan fingerprint density at radius 1 is 1.29 bits per heavy atom. The highest BCUT2D eigenvalue weighted by atomic mass is 35.5.